The lowest BCUT2D eigenvalue weighted by atomic mass is 10.1. The first-order valence-electron chi connectivity index (χ1n) is 4.43. The van der Waals surface area contributed by atoms with Crippen LogP contribution in [0.4, 0.5) is 0 Å². The fraction of sp³-hybridized carbons (Fsp3) is 0.0909. The number of fused-ring (bicyclic) bond motifs is 1. The van der Waals surface area contributed by atoms with Crippen LogP contribution in [0.1, 0.15) is 0 Å². The summed E-state index contributed by atoms with van der Waals surface area (Å²) in [4.78, 5) is 0. The van der Waals surface area contributed by atoms with Crippen molar-refractivity contribution in [3.63, 3.8) is 0 Å². The Morgan fingerprint density at radius 1 is 1.07 bits per heavy atom. The van der Waals surface area contributed by atoms with Crippen molar-refractivity contribution in [1.82, 2.24) is 0 Å². The Morgan fingerprint density at radius 2 is 1.79 bits per heavy atom. The summed E-state index contributed by atoms with van der Waals surface area (Å²) in [5, 5.41) is 2.11. The Hall–Kier alpha value is -1.27. The van der Waals surface area contributed by atoms with Crippen molar-refractivity contribution in [2.75, 3.05) is 6.66 Å². The second-order valence-electron chi connectivity index (χ2n) is 3.07. The molecule has 0 aliphatic heterocycles. The van der Waals surface area contributed by atoms with Crippen LogP contribution in [0.25, 0.3) is 10.8 Å². The Balaban J connectivity index is 2.59. The Morgan fingerprint density at radius 3 is 2.57 bits per heavy atom. The maximum absolute atomic E-state index is 11.0. The fourth-order valence-corrected chi connectivity index (χ4v) is 1.93. The normalized spacial score (nSPS) is 12.6. The van der Waals surface area contributed by atoms with E-state index in [4.69, 9.17) is 4.52 Å². The molecule has 3 heteroatoms. The average molecular weight is 206 g/mol. The minimum absolute atomic E-state index is 0.703. The molecule has 2 rings (SSSR count). The molecule has 0 fully saturated rings. The quantitative estimate of drug-likeness (QED) is 0.704. The number of benzene rings is 2. The molecule has 0 amide bonds. The van der Waals surface area contributed by atoms with Gasteiger partial charge in [0.2, 0.25) is 8.03 Å². The lowest BCUT2D eigenvalue weighted by Gasteiger charge is -2.05. The maximum Gasteiger partial charge on any atom is 0.233 e. The van der Waals surface area contributed by atoms with Crippen LogP contribution in [0.2, 0.25) is 0 Å². The summed E-state index contributed by atoms with van der Waals surface area (Å²) in [6, 6.07) is 13.7. The van der Waals surface area contributed by atoms with Gasteiger partial charge in [-0.25, -0.2) is 0 Å². The number of rotatable bonds is 2. The maximum atomic E-state index is 11.0. The fourth-order valence-electron chi connectivity index (χ4n) is 1.44. The first kappa shape index (κ1) is 9.29. The predicted octanol–water partition coefficient (Wildman–Crippen LogP) is 3.32. The van der Waals surface area contributed by atoms with Crippen LogP contribution < -0.4 is 4.52 Å². The lowest BCUT2D eigenvalue weighted by molar-refractivity contribution is 0.513. The second-order valence-corrected chi connectivity index (χ2v) is 4.26. The van der Waals surface area contributed by atoms with Crippen LogP contribution in [0.15, 0.2) is 42.5 Å². The van der Waals surface area contributed by atoms with Crippen LogP contribution in [0.5, 0.6) is 5.75 Å². The van der Waals surface area contributed by atoms with Gasteiger partial charge < -0.3 is 4.52 Å². The highest BCUT2D eigenvalue weighted by Gasteiger charge is 2.01. The van der Waals surface area contributed by atoms with E-state index in [0.717, 1.165) is 10.8 Å². The van der Waals surface area contributed by atoms with Gasteiger partial charge >= 0.3 is 0 Å². The third-order valence-electron chi connectivity index (χ3n) is 2.00. The Bertz CT molecular complexity index is 474. The summed E-state index contributed by atoms with van der Waals surface area (Å²) in [5.41, 5.74) is 0. The lowest BCUT2D eigenvalue weighted by Crippen LogP contribution is -1.81. The van der Waals surface area contributed by atoms with Crippen molar-refractivity contribution in [1.29, 1.82) is 0 Å². The number of hydrogen-bond acceptors (Lipinski definition) is 2. The molecule has 0 heterocycles. The average Bonchev–Trinajstić information content (AvgIpc) is 2.18. The van der Waals surface area contributed by atoms with Gasteiger partial charge in [-0.15, -0.1) is 0 Å². The summed E-state index contributed by atoms with van der Waals surface area (Å²) in [7, 11) is -1.93. The third-order valence-corrected chi connectivity index (χ3v) is 2.51. The summed E-state index contributed by atoms with van der Waals surface area (Å²) in [6.45, 7) is 1.59. The molecule has 0 saturated carbocycles. The van der Waals surface area contributed by atoms with E-state index in [9.17, 15) is 4.57 Å². The van der Waals surface area contributed by atoms with Gasteiger partial charge in [0.15, 0.2) is 0 Å². The van der Waals surface area contributed by atoms with Crippen LogP contribution in [0, 0.1) is 0 Å². The molecular formula is C11H11O2P. The summed E-state index contributed by atoms with van der Waals surface area (Å²) < 4.78 is 16.3. The monoisotopic (exact) mass is 206 g/mol. The molecule has 72 valence electrons. The molecule has 0 N–H and O–H groups in total. The van der Waals surface area contributed by atoms with E-state index in [1.54, 1.807) is 6.66 Å². The van der Waals surface area contributed by atoms with E-state index in [-0.39, 0.29) is 0 Å². The molecule has 1 atom stereocenters. The Kier molecular flexibility index (Phi) is 2.55. The van der Waals surface area contributed by atoms with Gasteiger partial charge in [-0.3, -0.25) is 4.57 Å². The van der Waals surface area contributed by atoms with Crippen molar-refractivity contribution >= 4 is 18.8 Å². The van der Waals surface area contributed by atoms with Crippen LogP contribution in [0.3, 0.4) is 0 Å². The molecule has 0 aliphatic carbocycles. The SMILES string of the molecule is C[PH](=O)Oc1cccc2ccccc12. The minimum atomic E-state index is -1.93. The van der Waals surface area contributed by atoms with Gasteiger partial charge in [0, 0.05) is 12.1 Å². The predicted molar refractivity (Wildman–Crippen MR) is 59.5 cm³/mol. The zero-order valence-electron chi connectivity index (χ0n) is 7.86. The van der Waals surface area contributed by atoms with E-state index in [1.165, 1.54) is 0 Å². The van der Waals surface area contributed by atoms with E-state index in [1.807, 2.05) is 42.5 Å². The first-order valence-corrected chi connectivity index (χ1v) is 6.25. The van der Waals surface area contributed by atoms with E-state index in [0.29, 0.717) is 5.75 Å². The van der Waals surface area contributed by atoms with Crippen LogP contribution in [-0.2, 0) is 4.57 Å². The zero-order chi connectivity index (χ0) is 9.97. The van der Waals surface area contributed by atoms with Crippen LogP contribution in [-0.4, -0.2) is 6.66 Å². The summed E-state index contributed by atoms with van der Waals surface area (Å²) in [5.74, 6) is 0.703. The Labute approximate surface area is 83.4 Å². The van der Waals surface area contributed by atoms with Gasteiger partial charge in [0.25, 0.3) is 0 Å². The van der Waals surface area contributed by atoms with E-state index >= 15 is 0 Å². The molecule has 14 heavy (non-hydrogen) atoms. The van der Waals surface area contributed by atoms with Crippen LogP contribution >= 0.6 is 8.03 Å². The molecule has 2 nitrogen and oxygen atoms in total. The summed E-state index contributed by atoms with van der Waals surface area (Å²) >= 11 is 0. The van der Waals surface area contributed by atoms with E-state index < -0.39 is 8.03 Å². The standard InChI is InChI=1S/C11H11O2P/c1-14(12)13-11-8-4-6-9-5-2-3-7-10(9)11/h2-8,14H,1H3. The minimum Gasteiger partial charge on any atom is -0.444 e. The highest BCUT2D eigenvalue weighted by atomic mass is 31.1. The van der Waals surface area contributed by atoms with Crippen molar-refractivity contribution in [3.8, 4) is 5.75 Å². The molecule has 0 aromatic heterocycles. The molecule has 2 aromatic carbocycles. The molecular weight excluding hydrogens is 195 g/mol. The molecule has 0 saturated heterocycles. The topological polar surface area (TPSA) is 26.3 Å². The number of hydrogen-bond donors (Lipinski definition) is 0. The first-order chi connectivity index (χ1) is 6.77. The van der Waals surface area contributed by atoms with Crippen molar-refractivity contribution in [2.24, 2.45) is 0 Å². The molecule has 0 spiro atoms. The van der Waals surface area contributed by atoms with Crippen molar-refractivity contribution in [2.45, 2.75) is 0 Å². The largest absolute Gasteiger partial charge is 0.444 e. The molecule has 0 bridgehead atoms. The second kappa shape index (κ2) is 3.85. The van der Waals surface area contributed by atoms with Gasteiger partial charge in [-0.1, -0.05) is 36.4 Å². The van der Waals surface area contributed by atoms with Gasteiger partial charge in [-0.2, -0.15) is 0 Å². The third kappa shape index (κ3) is 1.80. The van der Waals surface area contributed by atoms with Crippen molar-refractivity contribution in [3.05, 3.63) is 42.5 Å². The zero-order valence-corrected chi connectivity index (χ0v) is 8.86. The van der Waals surface area contributed by atoms with Gasteiger partial charge in [-0.05, 0) is 11.5 Å². The molecule has 0 aliphatic rings. The van der Waals surface area contributed by atoms with Gasteiger partial charge in [0.05, 0.1) is 0 Å². The smallest absolute Gasteiger partial charge is 0.233 e. The van der Waals surface area contributed by atoms with E-state index in [2.05, 4.69) is 0 Å². The highest BCUT2D eigenvalue weighted by molar-refractivity contribution is 7.38. The van der Waals surface area contributed by atoms with Crippen molar-refractivity contribution < 1.29 is 9.09 Å². The molecule has 0 radical (unpaired) electrons. The van der Waals surface area contributed by atoms with Gasteiger partial charge in [0.1, 0.15) is 5.75 Å². The molecule has 2 aromatic rings. The molecule has 1 unspecified atom stereocenters. The highest BCUT2D eigenvalue weighted by Crippen LogP contribution is 2.30. The summed E-state index contributed by atoms with van der Waals surface area (Å²) in [6.07, 6.45) is 0.